The number of nitrogens with one attached hydrogen (secondary N) is 2. The van der Waals surface area contributed by atoms with E-state index in [1.165, 1.54) is 12.8 Å². The van der Waals surface area contributed by atoms with Crippen LogP contribution in [0.5, 0.6) is 0 Å². The van der Waals surface area contributed by atoms with Gasteiger partial charge in [0.25, 0.3) is 0 Å². The normalized spacial score (nSPS) is 17.5. The van der Waals surface area contributed by atoms with E-state index >= 15 is 0 Å². The third-order valence-corrected chi connectivity index (χ3v) is 4.31. The largest absolute Gasteiger partial charge is 0.356 e. The number of hydrogen-bond donors (Lipinski definition) is 2. The molecule has 1 atom stereocenters. The van der Waals surface area contributed by atoms with E-state index < -0.39 is 0 Å². The van der Waals surface area contributed by atoms with Gasteiger partial charge >= 0.3 is 0 Å². The van der Waals surface area contributed by atoms with Gasteiger partial charge in [0.1, 0.15) is 0 Å². The summed E-state index contributed by atoms with van der Waals surface area (Å²) in [5.41, 5.74) is 1.12. The molecule has 0 spiro atoms. The van der Waals surface area contributed by atoms with E-state index in [4.69, 9.17) is 0 Å². The Kier molecular flexibility index (Phi) is 11.0. The number of carbonyl (C=O) groups is 1. The molecule has 0 bridgehead atoms. The van der Waals surface area contributed by atoms with Gasteiger partial charge in [-0.05, 0) is 51.6 Å². The van der Waals surface area contributed by atoms with E-state index in [0.717, 1.165) is 43.2 Å². The number of aryl methyl sites for hydroxylation is 2. The lowest BCUT2D eigenvalue weighted by molar-refractivity contribution is -0.121. The molecule has 21 heavy (non-hydrogen) atoms. The summed E-state index contributed by atoms with van der Waals surface area (Å²) in [4.78, 5) is 16.1. The van der Waals surface area contributed by atoms with Crippen molar-refractivity contribution >= 4 is 42.1 Å². The molecule has 4 nitrogen and oxygen atoms in total. The number of nitrogens with zero attached hydrogens (tertiary/aromatic N) is 1. The fraction of sp³-hybridized carbons (Fsp3) is 0.714. The van der Waals surface area contributed by atoms with Gasteiger partial charge in [-0.1, -0.05) is 0 Å². The summed E-state index contributed by atoms with van der Waals surface area (Å²) in [5, 5.41) is 9.60. The Morgan fingerprint density at radius 3 is 2.95 bits per heavy atom. The van der Waals surface area contributed by atoms with Crippen LogP contribution in [-0.4, -0.2) is 30.5 Å². The van der Waals surface area contributed by atoms with Gasteiger partial charge in [0.05, 0.1) is 10.7 Å². The zero-order valence-corrected chi connectivity index (χ0v) is 14.8. The second-order valence-corrected chi connectivity index (χ2v) is 6.29. The second-order valence-electron chi connectivity index (χ2n) is 5.23. The van der Waals surface area contributed by atoms with Crippen molar-refractivity contribution in [2.24, 2.45) is 5.92 Å². The Hall–Kier alpha value is -0.360. The van der Waals surface area contributed by atoms with Gasteiger partial charge in [0.2, 0.25) is 5.91 Å². The summed E-state index contributed by atoms with van der Waals surface area (Å²) in [5.74, 6) is 0.788. The summed E-state index contributed by atoms with van der Waals surface area (Å²) >= 11 is 1.67. The molecule has 1 fully saturated rings. The first-order chi connectivity index (χ1) is 9.24. The van der Waals surface area contributed by atoms with Crippen molar-refractivity contribution in [3.63, 3.8) is 0 Å². The van der Waals surface area contributed by atoms with Crippen molar-refractivity contribution in [3.05, 3.63) is 16.1 Å². The molecule has 1 aliphatic heterocycles. The van der Waals surface area contributed by atoms with Gasteiger partial charge in [-0.25, -0.2) is 4.98 Å². The highest BCUT2D eigenvalue weighted by atomic mass is 35.5. The Bertz CT molecular complexity index is 409. The molecule has 2 rings (SSSR count). The smallest absolute Gasteiger partial charge is 0.220 e. The number of aromatic nitrogens is 1. The lowest BCUT2D eigenvalue weighted by Crippen LogP contribution is -2.38. The molecule has 0 aromatic carbocycles. The van der Waals surface area contributed by atoms with E-state index in [9.17, 15) is 4.79 Å². The highest BCUT2D eigenvalue weighted by Gasteiger charge is 2.13. The van der Waals surface area contributed by atoms with Gasteiger partial charge in [0, 0.05) is 18.3 Å². The zero-order chi connectivity index (χ0) is 13.5. The molecule has 0 radical (unpaired) electrons. The van der Waals surface area contributed by atoms with Gasteiger partial charge in [0.15, 0.2) is 0 Å². The van der Waals surface area contributed by atoms with Crippen LogP contribution in [0.4, 0.5) is 0 Å². The van der Waals surface area contributed by atoms with Crippen molar-refractivity contribution in [1.29, 1.82) is 0 Å². The summed E-state index contributed by atoms with van der Waals surface area (Å²) in [6.07, 6.45) is 4.85. The molecule has 2 heterocycles. The predicted molar refractivity (Wildman–Crippen MR) is 92.9 cm³/mol. The van der Waals surface area contributed by atoms with Crippen LogP contribution in [-0.2, 0) is 11.2 Å². The number of halogens is 2. The fourth-order valence-corrected chi connectivity index (χ4v) is 3.05. The first-order valence-electron chi connectivity index (χ1n) is 7.12. The van der Waals surface area contributed by atoms with Crippen LogP contribution < -0.4 is 10.6 Å². The molecule has 1 amide bonds. The van der Waals surface area contributed by atoms with E-state index in [1.54, 1.807) is 11.3 Å². The fourth-order valence-electron chi connectivity index (χ4n) is 2.40. The molecular weight excluding hydrogens is 329 g/mol. The standard InChI is InChI=1S/C14H23N3OS.2ClH/c1-11-17-13(10-19-11)5-2-6-14(18)16-9-12-4-3-7-15-8-12;;/h10,12,15H,2-9H2,1H3,(H,16,18);2*1H. The van der Waals surface area contributed by atoms with Crippen molar-refractivity contribution in [1.82, 2.24) is 15.6 Å². The minimum Gasteiger partial charge on any atom is -0.356 e. The van der Waals surface area contributed by atoms with Gasteiger partial charge in [-0.2, -0.15) is 0 Å². The van der Waals surface area contributed by atoms with Crippen LogP contribution in [0.2, 0.25) is 0 Å². The topological polar surface area (TPSA) is 54.0 Å². The highest BCUT2D eigenvalue weighted by Crippen LogP contribution is 2.11. The molecule has 1 aromatic rings. The Morgan fingerprint density at radius 1 is 1.52 bits per heavy atom. The van der Waals surface area contributed by atoms with E-state index in [0.29, 0.717) is 12.3 Å². The van der Waals surface area contributed by atoms with E-state index in [-0.39, 0.29) is 30.7 Å². The lowest BCUT2D eigenvalue weighted by Gasteiger charge is -2.22. The maximum atomic E-state index is 11.7. The Labute approximate surface area is 143 Å². The number of amides is 1. The predicted octanol–water partition coefficient (Wildman–Crippen LogP) is 2.73. The first kappa shape index (κ1) is 20.6. The average molecular weight is 354 g/mol. The van der Waals surface area contributed by atoms with Gasteiger partial charge in [-0.15, -0.1) is 36.2 Å². The summed E-state index contributed by atoms with van der Waals surface area (Å²) in [7, 11) is 0. The molecule has 1 aliphatic rings. The van der Waals surface area contributed by atoms with Crippen LogP contribution >= 0.6 is 36.2 Å². The molecular formula is C14H25Cl2N3OS. The number of hydrogen-bond acceptors (Lipinski definition) is 4. The molecule has 0 saturated carbocycles. The monoisotopic (exact) mass is 353 g/mol. The molecule has 1 unspecified atom stereocenters. The van der Waals surface area contributed by atoms with Crippen LogP contribution in [0.15, 0.2) is 5.38 Å². The van der Waals surface area contributed by atoms with Crippen LogP contribution in [0.25, 0.3) is 0 Å². The molecule has 7 heteroatoms. The molecule has 2 N–H and O–H groups in total. The zero-order valence-electron chi connectivity index (χ0n) is 12.4. The Morgan fingerprint density at radius 2 is 2.33 bits per heavy atom. The number of rotatable bonds is 6. The molecule has 1 saturated heterocycles. The maximum absolute atomic E-state index is 11.7. The second kappa shape index (κ2) is 11.2. The number of piperidine rings is 1. The van der Waals surface area contributed by atoms with Crippen molar-refractivity contribution in [2.45, 2.75) is 39.0 Å². The lowest BCUT2D eigenvalue weighted by atomic mass is 10.00. The maximum Gasteiger partial charge on any atom is 0.220 e. The first-order valence-corrected chi connectivity index (χ1v) is 8.00. The average Bonchev–Trinajstić information content (AvgIpc) is 2.83. The SMILES string of the molecule is Cc1nc(CCCC(=O)NCC2CCCNC2)cs1.Cl.Cl. The van der Waals surface area contributed by atoms with E-state index in [2.05, 4.69) is 21.0 Å². The third kappa shape index (κ3) is 8.00. The summed E-state index contributed by atoms with van der Waals surface area (Å²) in [6, 6.07) is 0. The third-order valence-electron chi connectivity index (χ3n) is 3.49. The van der Waals surface area contributed by atoms with Crippen LogP contribution in [0, 0.1) is 12.8 Å². The van der Waals surface area contributed by atoms with Crippen LogP contribution in [0.1, 0.15) is 36.4 Å². The summed E-state index contributed by atoms with van der Waals surface area (Å²) < 4.78 is 0. The van der Waals surface area contributed by atoms with Crippen molar-refractivity contribution in [2.75, 3.05) is 19.6 Å². The number of thiazole rings is 1. The molecule has 0 aliphatic carbocycles. The van der Waals surface area contributed by atoms with Gasteiger partial charge in [-0.3, -0.25) is 4.79 Å². The van der Waals surface area contributed by atoms with Crippen LogP contribution in [0.3, 0.4) is 0 Å². The molecule has 1 aromatic heterocycles. The quantitative estimate of drug-likeness (QED) is 0.826. The van der Waals surface area contributed by atoms with Gasteiger partial charge < -0.3 is 10.6 Å². The molecule has 122 valence electrons. The van der Waals surface area contributed by atoms with E-state index in [1.807, 2.05) is 6.92 Å². The number of carbonyl (C=O) groups excluding carboxylic acids is 1. The minimum absolute atomic E-state index is 0. The minimum atomic E-state index is 0. The highest BCUT2D eigenvalue weighted by molar-refractivity contribution is 7.09. The Balaban J connectivity index is 0.00000200. The van der Waals surface area contributed by atoms with Crippen molar-refractivity contribution < 1.29 is 4.79 Å². The van der Waals surface area contributed by atoms with Crippen molar-refractivity contribution in [3.8, 4) is 0 Å². The summed E-state index contributed by atoms with van der Waals surface area (Å²) in [6.45, 7) is 5.00.